The quantitative estimate of drug-likeness (QED) is 0.344. The van der Waals surface area contributed by atoms with Crippen molar-refractivity contribution in [2.24, 2.45) is 0 Å². The molecule has 2 N–H and O–H groups in total. The smallest absolute Gasteiger partial charge is 0.152 e. The zero-order valence-electron chi connectivity index (χ0n) is 16.5. The molecule has 0 rings (SSSR count). The highest BCUT2D eigenvalue weighted by atomic mass is 35.5. The first kappa shape index (κ1) is 25.1. The van der Waals surface area contributed by atoms with E-state index in [4.69, 9.17) is 21.3 Å². The van der Waals surface area contributed by atoms with Crippen LogP contribution in [0, 0.1) is 0 Å². The molecule has 0 fully saturated rings. The first-order valence-corrected chi connectivity index (χ1v) is 10.9. The average molecular weight is 402 g/mol. The van der Waals surface area contributed by atoms with Crippen molar-refractivity contribution in [1.82, 2.24) is 4.84 Å². The predicted octanol–water partition coefficient (Wildman–Crippen LogP) is 2.68. The Bertz CT molecular complexity index is 472. The molecule has 25 heavy (non-hydrogen) atoms. The Kier molecular flexibility index (Phi) is 10.5. The van der Waals surface area contributed by atoms with E-state index in [-0.39, 0.29) is 30.3 Å². The Balaban J connectivity index is 3.95. The number of hydrogen-bond acceptors (Lipinski definition) is 6. The van der Waals surface area contributed by atoms with Crippen molar-refractivity contribution in [3.63, 3.8) is 0 Å². The number of halogens is 1. The Morgan fingerprint density at radius 2 is 1.60 bits per heavy atom. The van der Waals surface area contributed by atoms with Gasteiger partial charge in [-0.3, -0.25) is 0 Å². The van der Waals surface area contributed by atoms with E-state index >= 15 is 0 Å². The molecule has 0 aromatic rings. The largest absolute Gasteiger partial charge is 0.388 e. The van der Waals surface area contributed by atoms with Gasteiger partial charge in [0.1, 0.15) is 0 Å². The molecule has 0 atom stereocenters. The molecule has 8 heteroatoms. The molecule has 0 aliphatic rings. The Morgan fingerprint density at radius 3 is 2.12 bits per heavy atom. The van der Waals surface area contributed by atoms with Gasteiger partial charge in [-0.25, -0.2) is 13.3 Å². The zero-order chi connectivity index (χ0) is 19.8. The van der Waals surface area contributed by atoms with Gasteiger partial charge in [-0.15, -0.1) is 0 Å². The maximum atomic E-state index is 12.0. The SMILES string of the molecule is CC(C)(O)COC(C)(C)CCOCCS(=O)(=O)CCCC(C)(C)NCl. The molecule has 0 aliphatic carbocycles. The maximum Gasteiger partial charge on any atom is 0.152 e. The van der Waals surface area contributed by atoms with E-state index in [1.807, 2.05) is 27.7 Å². The Labute approximate surface area is 158 Å². The molecule has 0 aromatic carbocycles. The fraction of sp³-hybridized carbons (Fsp3) is 1.00. The first-order chi connectivity index (χ1) is 11.2. The molecule has 0 aliphatic heterocycles. The predicted molar refractivity (Wildman–Crippen MR) is 103 cm³/mol. The van der Waals surface area contributed by atoms with E-state index < -0.39 is 21.0 Å². The highest BCUT2D eigenvalue weighted by molar-refractivity contribution is 7.91. The lowest BCUT2D eigenvalue weighted by atomic mass is 10.0. The fourth-order valence-corrected chi connectivity index (χ4v) is 3.19. The minimum atomic E-state index is -3.12. The van der Waals surface area contributed by atoms with Crippen LogP contribution in [0.15, 0.2) is 0 Å². The number of nitrogens with one attached hydrogen (secondary N) is 1. The molecular weight excluding hydrogens is 366 g/mol. The number of ether oxygens (including phenoxy) is 2. The Hall–Kier alpha value is 0.0800. The van der Waals surface area contributed by atoms with Crippen LogP contribution >= 0.6 is 11.8 Å². The molecule has 0 radical (unpaired) electrons. The van der Waals surface area contributed by atoms with Gasteiger partial charge in [0.05, 0.1) is 35.9 Å². The van der Waals surface area contributed by atoms with E-state index in [0.29, 0.717) is 25.9 Å². The third-order valence-corrected chi connectivity index (χ3v) is 5.93. The second kappa shape index (κ2) is 10.4. The number of sulfone groups is 1. The Morgan fingerprint density at radius 1 is 1.00 bits per heavy atom. The van der Waals surface area contributed by atoms with E-state index in [2.05, 4.69) is 4.84 Å². The third-order valence-electron chi connectivity index (χ3n) is 3.72. The molecule has 0 bridgehead atoms. The summed E-state index contributed by atoms with van der Waals surface area (Å²) in [5.74, 6) is 0.158. The van der Waals surface area contributed by atoms with Crippen LogP contribution in [0.1, 0.15) is 60.8 Å². The highest BCUT2D eigenvalue weighted by Gasteiger charge is 2.23. The van der Waals surface area contributed by atoms with Crippen LogP contribution in [0.2, 0.25) is 0 Å². The van der Waals surface area contributed by atoms with Gasteiger partial charge in [0.25, 0.3) is 0 Å². The van der Waals surface area contributed by atoms with E-state index in [1.165, 1.54) is 0 Å². The number of hydrogen-bond donors (Lipinski definition) is 2. The van der Waals surface area contributed by atoms with Crippen molar-refractivity contribution in [3.8, 4) is 0 Å². The van der Waals surface area contributed by atoms with Crippen molar-refractivity contribution in [3.05, 3.63) is 0 Å². The van der Waals surface area contributed by atoms with Gasteiger partial charge in [0, 0.05) is 12.1 Å². The van der Waals surface area contributed by atoms with Crippen molar-refractivity contribution >= 4 is 21.6 Å². The summed E-state index contributed by atoms with van der Waals surface area (Å²) in [7, 11) is -3.12. The van der Waals surface area contributed by atoms with Gasteiger partial charge in [-0.1, -0.05) is 0 Å². The summed E-state index contributed by atoms with van der Waals surface area (Å²) in [4.78, 5) is 2.65. The van der Waals surface area contributed by atoms with Gasteiger partial charge in [-0.05, 0) is 72.6 Å². The summed E-state index contributed by atoms with van der Waals surface area (Å²) in [6.45, 7) is 11.9. The summed E-state index contributed by atoms with van der Waals surface area (Å²) >= 11 is 5.60. The van der Waals surface area contributed by atoms with Crippen LogP contribution in [-0.4, -0.2) is 61.6 Å². The second-order valence-corrected chi connectivity index (χ2v) is 10.9. The minimum Gasteiger partial charge on any atom is -0.388 e. The van der Waals surface area contributed by atoms with Gasteiger partial charge in [0.2, 0.25) is 0 Å². The van der Waals surface area contributed by atoms with E-state index in [9.17, 15) is 13.5 Å². The average Bonchev–Trinajstić information content (AvgIpc) is 2.43. The van der Waals surface area contributed by atoms with Crippen LogP contribution in [0.5, 0.6) is 0 Å². The van der Waals surface area contributed by atoms with Crippen LogP contribution in [-0.2, 0) is 19.3 Å². The van der Waals surface area contributed by atoms with Gasteiger partial charge in [0.15, 0.2) is 9.84 Å². The van der Waals surface area contributed by atoms with E-state index in [1.54, 1.807) is 13.8 Å². The molecular formula is C17H36ClNO5S. The molecule has 0 aromatic heterocycles. The molecule has 0 spiro atoms. The van der Waals surface area contributed by atoms with E-state index in [0.717, 1.165) is 0 Å². The summed E-state index contributed by atoms with van der Waals surface area (Å²) < 4.78 is 35.1. The van der Waals surface area contributed by atoms with Gasteiger partial charge >= 0.3 is 0 Å². The van der Waals surface area contributed by atoms with Crippen LogP contribution < -0.4 is 4.84 Å². The van der Waals surface area contributed by atoms with Crippen LogP contribution in [0.4, 0.5) is 0 Å². The van der Waals surface area contributed by atoms with Gasteiger partial charge < -0.3 is 14.6 Å². The van der Waals surface area contributed by atoms with Crippen LogP contribution in [0.25, 0.3) is 0 Å². The summed E-state index contributed by atoms with van der Waals surface area (Å²) in [5.41, 5.74) is -1.58. The normalized spacial score (nSPS) is 14.1. The zero-order valence-corrected chi connectivity index (χ0v) is 18.1. The molecule has 0 unspecified atom stereocenters. The van der Waals surface area contributed by atoms with Crippen LogP contribution in [0.3, 0.4) is 0 Å². The van der Waals surface area contributed by atoms with Crippen molar-refractivity contribution in [2.75, 3.05) is 31.3 Å². The first-order valence-electron chi connectivity index (χ1n) is 8.70. The fourth-order valence-electron chi connectivity index (χ4n) is 1.93. The molecule has 0 amide bonds. The second-order valence-electron chi connectivity index (χ2n) is 8.46. The summed E-state index contributed by atoms with van der Waals surface area (Å²) in [6, 6.07) is 0. The number of aliphatic hydroxyl groups is 1. The lowest BCUT2D eigenvalue weighted by Gasteiger charge is -2.29. The lowest BCUT2D eigenvalue weighted by Crippen LogP contribution is -2.35. The third kappa shape index (κ3) is 14.9. The summed E-state index contributed by atoms with van der Waals surface area (Å²) in [6.07, 6.45) is 1.87. The minimum absolute atomic E-state index is 0.0205. The van der Waals surface area contributed by atoms with Gasteiger partial charge in [-0.2, -0.15) is 0 Å². The van der Waals surface area contributed by atoms with Crippen molar-refractivity contribution in [1.29, 1.82) is 0 Å². The topological polar surface area (TPSA) is 84.9 Å². The highest BCUT2D eigenvalue weighted by Crippen LogP contribution is 2.17. The molecule has 0 saturated carbocycles. The lowest BCUT2D eigenvalue weighted by molar-refractivity contribution is -0.100. The standard InChI is InChI=1S/C17H36ClNO5S/c1-15(2,19-18)8-7-12-25(21,22)13-11-23-10-9-17(5,6)24-14-16(3,4)20/h19-20H,7-14H2,1-6H3. The molecule has 152 valence electrons. The molecule has 0 heterocycles. The number of rotatable bonds is 14. The molecule has 6 nitrogen and oxygen atoms in total. The van der Waals surface area contributed by atoms with Crippen molar-refractivity contribution < 1.29 is 23.0 Å². The maximum absolute atomic E-state index is 12.0. The monoisotopic (exact) mass is 401 g/mol. The summed E-state index contributed by atoms with van der Waals surface area (Å²) in [5, 5.41) is 9.68. The molecule has 0 saturated heterocycles. The van der Waals surface area contributed by atoms with Crippen molar-refractivity contribution in [2.45, 2.75) is 77.5 Å².